The van der Waals surface area contributed by atoms with E-state index in [1.807, 2.05) is 0 Å². The highest BCUT2D eigenvalue weighted by atomic mass is 19.3. The fourth-order valence-corrected chi connectivity index (χ4v) is 0.458. The van der Waals surface area contributed by atoms with E-state index in [-0.39, 0.29) is 6.42 Å². The summed E-state index contributed by atoms with van der Waals surface area (Å²) in [5.41, 5.74) is 0. The molecular formula is C7H11F2. The van der Waals surface area contributed by atoms with Crippen LogP contribution in [0.1, 0.15) is 19.3 Å². The lowest BCUT2D eigenvalue weighted by Crippen LogP contribution is -1.86. The van der Waals surface area contributed by atoms with Crippen LogP contribution in [0.3, 0.4) is 0 Å². The van der Waals surface area contributed by atoms with Gasteiger partial charge >= 0.3 is 0 Å². The summed E-state index contributed by atoms with van der Waals surface area (Å²) in [7, 11) is 0. The summed E-state index contributed by atoms with van der Waals surface area (Å²) in [6.07, 6.45) is 2.48. The third-order valence-electron chi connectivity index (χ3n) is 0.885. The lowest BCUT2D eigenvalue weighted by molar-refractivity contribution is 0.139. The van der Waals surface area contributed by atoms with Crippen molar-refractivity contribution < 1.29 is 8.78 Å². The minimum Gasteiger partial charge on any atom is -0.211 e. The average molecular weight is 133 g/mol. The number of allylic oxidation sites excluding steroid dienone is 2. The molecule has 0 bridgehead atoms. The fourth-order valence-electron chi connectivity index (χ4n) is 0.458. The topological polar surface area (TPSA) is 0 Å². The van der Waals surface area contributed by atoms with Gasteiger partial charge in [0.05, 0.1) is 0 Å². The molecule has 0 atom stereocenters. The summed E-state index contributed by atoms with van der Waals surface area (Å²) in [5, 5.41) is 0. The third-order valence-corrected chi connectivity index (χ3v) is 0.885. The molecule has 0 nitrogen and oxygen atoms in total. The molecule has 0 N–H and O–H groups in total. The second-order valence-electron chi connectivity index (χ2n) is 1.73. The first-order valence-electron chi connectivity index (χ1n) is 2.99. The Bertz CT molecular complexity index is 77.0. The van der Waals surface area contributed by atoms with Gasteiger partial charge in [0.25, 0.3) is 0 Å². The molecule has 2 heteroatoms. The van der Waals surface area contributed by atoms with E-state index in [1.54, 1.807) is 12.2 Å². The summed E-state index contributed by atoms with van der Waals surface area (Å²) in [6, 6.07) is 0. The summed E-state index contributed by atoms with van der Waals surface area (Å²) >= 11 is 0. The number of hydrogen-bond acceptors (Lipinski definition) is 0. The average Bonchev–Trinajstić information content (AvgIpc) is 1.80. The highest BCUT2D eigenvalue weighted by molar-refractivity contribution is 4.82. The van der Waals surface area contributed by atoms with Crippen molar-refractivity contribution in [3.63, 3.8) is 0 Å². The van der Waals surface area contributed by atoms with Crippen LogP contribution in [0.25, 0.3) is 0 Å². The van der Waals surface area contributed by atoms with Crippen LogP contribution in [-0.2, 0) is 0 Å². The minimum absolute atomic E-state index is 0.0312. The van der Waals surface area contributed by atoms with Gasteiger partial charge in [0.2, 0.25) is 6.43 Å². The van der Waals surface area contributed by atoms with Crippen LogP contribution in [-0.4, -0.2) is 6.43 Å². The van der Waals surface area contributed by atoms with Gasteiger partial charge in [0.15, 0.2) is 0 Å². The molecule has 0 saturated heterocycles. The first-order chi connectivity index (χ1) is 4.27. The smallest absolute Gasteiger partial charge is 0.211 e. The normalized spacial score (nSPS) is 11.6. The highest BCUT2D eigenvalue weighted by Crippen LogP contribution is 2.03. The van der Waals surface area contributed by atoms with Gasteiger partial charge < -0.3 is 0 Å². The van der Waals surface area contributed by atoms with Crippen molar-refractivity contribution in [3.8, 4) is 0 Å². The molecular weight excluding hydrogens is 122 g/mol. The van der Waals surface area contributed by atoms with Gasteiger partial charge in [-0.15, -0.1) is 0 Å². The lowest BCUT2D eigenvalue weighted by atomic mass is 10.3. The molecule has 9 heavy (non-hydrogen) atoms. The molecule has 0 spiro atoms. The van der Waals surface area contributed by atoms with Gasteiger partial charge in [0, 0.05) is 6.42 Å². The van der Waals surface area contributed by atoms with Gasteiger partial charge in [-0.3, -0.25) is 0 Å². The van der Waals surface area contributed by atoms with Crippen LogP contribution in [0.4, 0.5) is 8.78 Å². The van der Waals surface area contributed by atoms with E-state index in [0.29, 0.717) is 12.8 Å². The maximum atomic E-state index is 11.4. The number of halogens is 2. The Morgan fingerprint density at radius 3 is 2.44 bits per heavy atom. The second-order valence-corrected chi connectivity index (χ2v) is 1.73. The minimum atomic E-state index is -2.17. The largest absolute Gasteiger partial charge is 0.238 e. The van der Waals surface area contributed by atoms with Gasteiger partial charge in [-0.05, 0) is 19.8 Å². The second kappa shape index (κ2) is 5.73. The quantitative estimate of drug-likeness (QED) is 0.517. The van der Waals surface area contributed by atoms with Crippen LogP contribution in [0.15, 0.2) is 12.2 Å². The molecule has 0 aliphatic heterocycles. The SMILES string of the molecule is [CH2]C/C=C/CCC(F)F. The summed E-state index contributed by atoms with van der Waals surface area (Å²) < 4.78 is 22.8. The fraction of sp³-hybridized carbons (Fsp3) is 0.571. The Morgan fingerprint density at radius 2 is 2.00 bits per heavy atom. The molecule has 0 amide bonds. The predicted molar refractivity (Wildman–Crippen MR) is 34.4 cm³/mol. The van der Waals surface area contributed by atoms with Crippen LogP contribution in [0.2, 0.25) is 0 Å². The van der Waals surface area contributed by atoms with E-state index in [9.17, 15) is 8.78 Å². The van der Waals surface area contributed by atoms with Gasteiger partial charge in [-0.25, -0.2) is 8.78 Å². The van der Waals surface area contributed by atoms with Crippen molar-refractivity contribution in [1.29, 1.82) is 0 Å². The maximum Gasteiger partial charge on any atom is 0.238 e. The summed E-state index contributed by atoms with van der Waals surface area (Å²) in [5.74, 6) is 0. The molecule has 0 fully saturated rings. The zero-order chi connectivity index (χ0) is 7.11. The molecule has 0 saturated carbocycles. The Hall–Kier alpha value is -0.400. The van der Waals surface area contributed by atoms with Crippen molar-refractivity contribution in [2.24, 2.45) is 0 Å². The molecule has 0 aromatic heterocycles. The molecule has 0 rings (SSSR count). The van der Waals surface area contributed by atoms with Crippen molar-refractivity contribution in [3.05, 3.63) is 19.1 Å². The molecule has 0 aliphatic carbocycles. The zero-order valence-electron chi connectivity index (χ0n) is 5.32. The van der Waals surface area contributed by atoms with Crippen molar-refractivity contribution >= 4 is 0 Å². The Labute approximate surface area is 54.6 Å². The van der Waals surface area contributed by atoms with E-state index in [4.69, 9.17) is 0 Å². The van der Waals surface area contributed by atoms with Crippen molar-refractivity contribution in [2.45, 2.75) is 25.7 Å². The molecule has 0 unspecified atom stereocenters. The van der Waals surface area contributed by atoms with Gasteiger partial charge in [-0.2, -0.15) is 0 Å². The third kappa shape index (κ3) is 7.60. The highest BCUT2D eigenvalue weighted by Gasteiger charge is 1.97. The molecule has 1 radical (unpaired) electrons. The molecule has 53 valence electrons. The van der Waals surface area contributed by atoms with Gasteiger partial charge in [-0.1, -0.05) is 12.2 Å². The number of alkyl halides is 2. The monoisotopic (exact) mass is 133 g/mol. The maximum absolute atomic E-state index is 11.4. The first kappa shape index (κ1) is 8.60. The van der Waals surface area contributed by atoms with Crippen LogP contribution < -0.4 is 0 Å². The van der Waals surface area contributed by atoms with E-state index >= 15 is 0 Å². The molecule has 0 heterocycles. The molecule has 0 aliphatic rings. The van der Waals surface area contributed by atoms with Crippen molar-refractivity contribution in [1.82, 2.24) is 0 Å². The standard InChI is InChI=1S/C7H11F2/c1-2-3-4-5-6-7(8)9/h3-4,7H,1-2,5-6H2/b4-3+. The van der Waals surface area contributed by atoms with E-state index < -0.39 is 6.43 Å². The Balaban J connectivity index is 2.99. The summed E-state index contributed by atoms with van der Waals surface area (Å²) in [6.45, 7) is 3.53. The Morgan fingerprint density at radius 1 is 1.33 bits per heavy atom. The first-order valence-corrected chi connectivity index (χ1v) is 2.99. The van der Waals surface area contributed by atoms with Crippen LogP contribution in [0, 0.1) is 6.92 Å². The Kier molecular flexibility index (Phi) is 5.48. The van der Waals surface area contributed by atoms with Gasteiger partial charge in [0.1, 0.15) is 0 Å². The number of rotatable bonds is 4. The van der Waals surface area contributed by atoms with E-state index in [0.717, 1.165) is 0 Å². The summed E-state index contributed by atoms with van der Waals surface area (Å²) in [4.78, 5) is 0. The van der Waals surface area contributed by atoms with E-state index in [2.05, 4.69) is 6.92 Å². The van der Waals surface area contributed by atoms with Crippen molar-refractivity contribution in [2.75, 3.05) is 0 Å². The lowest BCUT2D eigenvalue weighted by Gasteiger charge is -1.90. The molecule has 0 aromatic carbocycles. The van der Waals surface area contributed by atoms with Crippen LogP contribution >= 0.6 is 0 Å². The predicted octanol–water partition coefficient (Wildman–Crippen LogP) is 2.81. The molecule has 0 aromatic rings. The van der Waals surface area contributed by atoms with Crippen LogP contribution in [0.5, 0.6) is 0 Å². The zero-order valence-corrected chi connectivity index (χ0v) is 5.32. The van der Waals surface area contributed by atoms with E-state index in [1.165, 1.54) is 0 Å². The number of hydrogen-bond donors (Lipinski definition) is 0.